The van der Waals surface area contributed by atoms with Crippen molar-refractivity contribution in [3.05, 3.63) is 48.0 Å². The zero-order valence-electron chi connectivity index (χ0n) is 11.8. The average molecular weight is 281 g/mol. The first kappa shape index (κ1) is 13.2. The first-order chi connectivity index (χ1) is 10.2. The molecule has 21 heavy (non-hydrogen) atoms. The highest BCUT2D eigenvalue weighted by atomic mass is 16.5. The van der Waals surface area contributed by atoms with Gasteiger partial charge in [-0.15, -0.1) is 0 Å². The van der Waals surface area contributed by atoms with Crippen LogP contribution in [0.15, 0.2) is 47.0 Å². The van der Waals surface area contributed by atoms with Gasteiger partial charge in [-0.25, -0.2) is 0 Å². The van der Waals surface area contributed by atoms with E-state index in [0.29, 0.717) is 23.2 Å². The Kier molecular flexibility index (Phi) is 3.31. The maximum absolute atomic E-state index is 5.82. The second-order valence-corrected chi connectivity index (χ2v) is 4.70. The summed E-state index contributed by atoms with van der Waals surface area (Å²) in [5, 5.41) is 4.04. The second-order valence-electron chi connectivity index (χ2n) is 4.70. The number of hydrogen-bond donors (Lipinski definition) is 1. The van der Waals surface area contributed by atoms with Gasteiger partial charge in [-0.1, -0.05) is 23.4 Å². The molecule has 1 heterocycles. The summed E-state index contributed by atoms with van der Waals surface area (Å²) < 4.78 is 10.7. The third kappa shape index (κ3) is 2.45. The summed E-state index contributed by atoms with van der Waals surface area (Å²) in [4.78, 5) is 4.45. The molecule has 0 amide bonds. The lowest BCUT2D eigenvalue weighted by atomic mass is 10.1. The molecule has 1 aromatic heterocycles. The van der Waals surface area contributed by atoms with Gasteiger partial charge in [-0.05, 0) is 36.8 Å². The Hall–Kier alpha value is -2.82. The van der Waals surface area contributed by atoms with E-state index in [-0.39, 0.29) is 0 Å². The fourth-order valence-corrected chi connectivity index (χ4v) is 2.14. The van der Waals surface area contributed by atoms with Crippen LogP contribution in [0.1, 0.15) is 5.56 Å². The van der Waals surface area contributed by atoms with Gasteiger partial charge in [0, 0.05) is 11.3 Å². The first-order valence-electron chi connectivity index (χ1n) is 6.52. The van der Waals surface area contributed by atoms with E-state index in [1.54, 1.807) is 7.11 Å². The Bertz CT molecular complexity index is 781. The van der Waals surface area contributed by atoms with Gasteiger partial charge in [0.1, 0.15) is 5.75 Å². The number of methoxy groups -OCH3 is 1. The Morgan fingerprint density at radius 2 is 1.90 bits per heavy atom. The van der Waals surface area contributed by atoms with Gasteiger partial charge in [-0.3, -0.25) is 0 Å². The number of benzene rings is 2. The van der Waals surface area contributed by atoms with Crippen LogP contribution in [0.4, 0.5) is 5.69 Å². The van der Waals surface area contributed by atoms with Gasteiger partial charge in [0.15, 0.2) is 0 Å². The van der Waals surface area contributed by atoms with Gasteiger partial charge >= 0.3 is 0 Å². The standard InChI is InChI=1S/C16H15N3O2/c1-10-7-8-11(17)9-13(10)16-18-15(19-21-16)12-5-3-4-6-14(12)20-2/h3-9H,17H2,1-2H3. The van der Waals surface area contributed by atoms with Crippen LogP contribution in [0.25, 0.3) is 22.8 Å². The molecule has 106 valence electrons. The van der Waals surface area contributed by atoms with E-state index in [0.717, 1.165) is 16.7 Å². The predicted octanol–water partition coefficient (Wildman–Crippen LogP) is 3.30. The van der Waals surface area contributed by atoms with Crippen molar-refractivity contribution in [2.24, 2.45) is 0 Å². The topological polar surface area (TPSA) is 74.2 Å². The number of aromatic nitrogens is 2. The lowest BCUT2D eigenvalue weighted by Gasteiger charge is -2.03. The fraction of sp³-hybridized carbons (Fsp3) is 0.125. The van der Waals surface area contributed by atoms with Crippen LogP contribution in [0.3, 0.4) is 0 Å². The number of anilines is 1. The molecule has 5 nitrogen and oxygen atoms in total. The van der Waals surface area contributed by atoms with Crippen LogP contribution in [0.2, 0.25) is 0 Å². The highest BCUT2D eigenvalue weighted by molar-refractivity contribution is 5.68. The van der Waals surface area contributed by atoms with Crippen molar-refractivity contribution in [2.75, 3.05) is 12.8 Å². The largest absolute Gasteiger partial charge is 0.496 e. The van der Waals surface area contributed by atoms with E-state index in [9.17, 15) is 0 Å². The monoisotopic (exact) mass is 281 g/mol. The minimum absolute atomic E-state index is 0.445. The number of ether oxygens (including phenoxy) is 1. The van der Waals surface area contributed by atoms with Crippen molar-refractivity contribution >= 4 is 5.69 Å². The molecule has 0 radical (unpaired) electrons. The lowest BCUT2D eigenvalue weighted by molar-refractivity contribution is 0.413. The molecular formula is C16H15N3O2. The molecule has 0 spiro atoms. The molecule has 0 aliphatic heterocycles. The number of aryl methyl sites for hydroxylation is 1. The molecule has 0 fully saturated rings. The molecule has 2 N–H and O–H groups in total. The van der Waals surface area contributed by atoms with Crippen molar-refractivity contribution in [3.8, 4) is 28.6 Å². The Morgan fingerprint density at radius 3 is 2.71 bits per heavy atom. The maximum atomic E-state index is 5.82. The average Bonchev–Trinajstić information content (AvgIpc) is 2.99. The number of nitrogens with two attached hydrogens (primary N) is 1. The smallest absolute Gasteiger partial charge is 0.258 e. The van der Waals surface area contributed by atoms with Crippen LogP contribution in [-0.2, 0) is 0 Å². The lowest BCUT2D eigenvalue weighted by Crippen LogP contribution is -1.90. The van der Waals surface area contributed by atoms with Crippen LogP contribution in [-0.4, -0.2) is 17.3 Å². The Labute approximate surface area is 122 Å². The Morgan fingerprint density at radius 1 is 1.10 bits per heavy atom. The quantitative estimate of drug-likeness (QED) is 0.745. The van der Waals surface area contributed by atoms with E-state index < -0.39 is 0 Å². The van der Waals surface area contributed by atoms with Gasteiger partial charge in [0.05, 0.1) is 12.7 Å². The molecule has 0 saturated carbocycles. The predicted molar refractivity (Wildman–Crippen MR) is 80.9 cm³/mol. The summed E-state index contributed by atoms with van der Waals surface area (Å²) in [6.07, 6.45) is 0. The SMILES string of the molecule is COc1ccccc1-c1noc(-c2cc(N)ccc2C)n1. The van der Waals surface area contributed by atoms with E-state index in [4.69, 9.17) is 15.0 Å². The molecule has 0 aliphatic rings. The highest BCUT2D eigenvalue weighted by Crippen LogP contribution is 2.30. The van der Waals surface area contributed by atoms with Crippen LogP contribution in [0.5, 0.6) is 5.75 Å². The number of hydrogen-bond acceptors (Lipinski definition) is 5. The molecule has 0 bridgehead atoms. The molecule has 2 aromatic carbocycles. The van der Waals surface area contributed by atoms with Crippen molar-refractivity contribution in [1.29, 1.82) is 0 Å². The second kappa shape index (κ2) is 5.28. The zero-order chi connectivity index (χ0) is 14.8. The number of para-hydroxylation sites is 1. The van der Waals surface area contributed by atoms with Gasteiger partial charge < -0.3 is 15.0 Å². The molecule has 0 aliphatic carbocycles. The van der Waals surface area contributed by atoms with Gasteiger partial charge in [0.25, 0.3) is 5.89 Å². The van der Waals surface area contributed by atoms with Crippen molar-refractivity contribution in [3.63, 3.8) is 0 Å². The third-order valence-electron chi connectivity index (χ3n) is 3.27. The maximum Gasteiger partial charge on any atom is 0.258 e. The van der Waals surface area contributed by atoms with E-state index in [1.165, 1.54) is 0 Å². The van der Waals surface area contributed by atoms with E-state index >= 15 is 0 Å². The summed E-state index contributed by atoms with van der Waals surface area (Å²) in [5.74, 6) is 1.64. The van der Waals surface area contributed by atoms with Crippen LogP contribution >= 0.6 is 0 Å². The molecule has 0 atom stereocenters. The fourth-order valence-electron chi connectivity index (χ4n) is 2.14. The minimum Gasteiger partial charge on any atom is -0.496 e. The van der Waals surface area contributed by atoms with Crippen LogP contribution in [0, 0.1) is 6.92 Å². The highest BCUT2D eigenvalue weighted by Gasteiger charge is 2.15. The normalized spacial score (nSPS) is 10.6. The van der Waals surface area contributed by atoms with Crippen molar-refractivity contribution in [2.45, 2.75) is 6.92 Å². The minimum atomic E-state index is 0.445. The van der Waals surface area contributed by atoms with Crippen LogP contribution < -0.4 is 10.5 Å². The summed E-state index contributed by atoms with van der Waals surface area (Å²) in [6, 6.07) is 13.1. The zero-order valence-corrected chi connectivity index (χ0v) is 11.8. The summed E-state index contributed by atoms with van der Waals surface area (Å²) >= 11 is 0. The molecule has 3 rings (SSSR count). The van der Waals surface area contributed by atoms with Gasteiger partial charge in [-0.2, -0.15) is 4.98 Å². The van der Waals surface area contributed by atoms with Crippen molar-refractivity contribution in [1.82, 2.24) is 10.1 Å². The van der Waals surface area contributed by atoms with E-state index in [1.807, 2.05) is 49.4 Å². The summed E-state index contributed by atoms with van der Waals surface area (Å²) in [7, 11) is 1.61. The molecule has 0 unspecified atom stereocenters. The molecule has 5 heteroatoms. The third-order valence-corrected chi connectivity index (χ3v) is 3.27. The van der Waals surface area contributed by atoms with Gasteiger partial charge in [0.2, 0.25) is 5.82 Å². The summed E-state index contributed by atoms with van der Waals surface area (Å²) in [6.45, 7) is 1.97. The molecule has 3 aromatic rings. The Balaban J connectivity index is 2.06. The molecular weight excluding hydrogens is 266 g/mol. The number of nitrogens with zero attached hydrogens (tertiary/aromatic N) is 2. The first-order valence-corrected chi connectivity index (χ1v) is 6.52. The number of rotatable bonds is 3. The van der Waals surface area contributed by atoms with Crippen molar-refractivity contribution < 1.29 is 9.26 Å². The van der Waals surface area contributed by atoms with E-state index in [2.05, 4.69) is 10.1 Å². The molecule has 0 saturated heterocycles. The number of nitrogen functional groups attached to an aromatic ring is 1. The summed E-state index contributed by atoms with van der Waals surface area (Å²) in [5.41, 5.74) is 9.13.